The zero-order valence-corrected chi connectivity index (χ0v) is 15.8. The molecule has 1 aliphatic rings. The molecule has 0 amide bonds. The van der Waals surface area contributed by atoms with E-state index in [1.165, 1.54) is 7.11 Å². The lowest BCUT2D eigenvalue weighted by Gasteiger charge is -2.24. The molecule has 27 heavy (non-hydrogen) atoms. The molecule has 1 unspecified atom stereocenters. The number of phenols is 1. The van der Waals surface area contributed by atoms with E-state index >= 15 is 0 Å². The molecule has 0 radical (unpaired) electrons. The molecular formula is C21H26O6. The second-order valence-electron chi connectivity index (χ2n) is 6.73. The van der Waals surface area contributed by atoms with Gasteiger partial charge in [0.2, 0.25) is 0 Å². The summed E-state index contributed by atoms with van der Waals surface area (Å²) in [7, 11) is 4.69. The third-order valence-electron chi connectivity index (χ3n) is 5.14. The summed E-state index contributed by atoms with van der Waals surface area (Å²) in [5, 5.41) is 20.7. The van der Waals surface area contributed by atoms with E-state index in [9.17, 15) is 10.2 Å². The topological polar surface area (TPSA) is 77.4 Å². The molecule has 0 bridgehead atoms. The molecule has 3 atom stereocenters. The van der Waals surface area contributed by atoms with Crippen molar-refractivity contribution in [3.8, 4) is 23.0 Å². The van der Waals surface area contributed by atoms with Gasteiger partial charge in [-0.25, -0.2) is 0 Å². The number of hydrogen-bond acceptors (Lipinski definition) is 6. The second kappa shape index (κ2) is 8.50. The molecule has 2 N–H and O–H groups in total. The molecule has 6 nitrogen and oxygen atoms in total. The van der Waals surface area contributed by atoms with Crippen LogP contribution in [0, 0.1) is 11.8 Å². The summed E-state index contributed by atoms with van der Waals surface area (Å²) in [4.78, 5) is 0. The first-order valence-corrected chi connectivity index (χ1v) is 8.91. The fourth-order valence-electron chi connectivity index (χ4n) is 3.61. The number of ether oxygens (including phenoxy) is 4. The third-order valence-corrected chi connectivity index (χ3v) is 5.14. The first-order chi connectivity index (χ1) is 13.1. The lowest BCUT2D eigenvalue weighted by atomic mass is 9.83. The van der Waals surface area contributed by atoms with Gasteiger partial charge in [0.1, 0.15) is 0 Å². The van der Waals surface area contributed by atoms with Crippen molar-refractivity contribution in [3.63, 3.8) is 0 Å². The zero-order chi connectivity index (χ0) is 19.4. The third kappa shape index (κ3) is 4.12. The van der Waals surface area contributed by atoms with Crippen molar-refractivity contribution >= 4 is 0 Å². The van der Waals surface area contributed by atoms with Crippen LogP contribution in [-0.4, -0.2) is 44.8 Å². The van der Waals surface area contributed by atoms with Crippen molar-refractivity contribution in [2.45, 2.75) is 12.5 Å². The number of phenolic OH excluding ortho intramolecular Hbond substituents is 1. The van der Waals surface area contributed by atoms with Crippen molar-refractivity contribution in [3.05, 3.63) is 47.5 Å². The molecule has 146 valence electrons. The average Bonchev–Trinajstić information content (AvgIpc) is 3.16. The largest absolute Gasteiger partial charge is 0.504 e. The second-order valence-corrected chi connectivity index (χ2v) is 6.73. The molecule has 1 aliphatic heterocycles. The van der Waals surface area contributed by atoms with Crippen LogP contribution in [-0.2, 0) is 11.2 Å². The molecule has 0 saturated carbocycles. The summed E-state index contributed by atoms with van der Waals surface area (Å²) < 4.78 is 21.5. The van der Waals surface area contributed by atoms with Crippen molar-refractivity contribution in [2.75, 3.05) is 34.5 Å². The number of aromatic hydroxyl groups is 1. The van der Waals surface area contributed by atoms with Crippen LogP contribution in [0.5, 0.6) is 23.0 Å². The van der Waals surface area contributed by atoms with Gasteiger partial charge in [-0.05, 0) is 47.7 Å². The molecule has 3 rings (SSSR count). The van der Waals surface area contributed by atoms with Crippen LogP contribution >= 0.6 is 0 Å². The van der Waals surface area contributed by atoms with Gasteiger partial charge in [0.15, 0.2) is 23.0 Å². The Kier molecular flexibility index (Phi) is 6.08. The van der Waals surface area contributed by atoms with Crippen LogP contribution < -0.4 is 14.2 Å². The van der Waals surface area contributed by atoms with E-state index in [1.807, 2.05) is 24.3 Å². The molecule has 0 aliphatic carbocycles. The minimum absolute atomic E-state index is 0.0390. The minimum Gasteiger partial charge on any atom is -0.504 e. The normalized spacial score (nSPS) is 20.3. The first-order valence-electron chi connectivity index (χ1n) is 8.91. The predicted octanol–water partition coefficient (Wildman–Crippen LogP) is 2.96. The Morgan fingerprint density at radius 2 is 1.70 bits per heavy atom. The van der Waals surface area contributed by atoms with E-state index < -0.39 is 6.10 Å². The standard InChI is InChI=1S/C21H26O6/c1-24-18-7-5-14(10-20(18)26-3)21(23)16-12-27-11-15(16)8-13-4-6-17(22)19(9-13)25-2/h4-7,9-10,15-16,21-23H,8,11-12H2,1-3H3/t15-,16-,21?/m0/s1. The number of methoxy groups -OCH3 is 3. The summed E-state index contributed by atoms with van der Waals surface area (Å²) in [6, 6.07) is 10.8. The summed E-state index contributed by atoms with van der Waals surface area (Å²) >= 11 is 0. The summed E-state index contributed by atoms with van der Waals surface area (Å²) in [6.07, 6.45) is 0.0578. The Balaban J connectivity index is 1.77. The zero-order valence-electron chi connectivity index (χ0n) is 15.8. The SMILES string of the molecule is COc1cc(C[C@H]2COC[C@@H]2C(O)c2ccc(OC)c(OC)c2)ccc1O. The average molecular weight is 374 g/mol. The van der Waals surface area contributed by atoms with Gasteiger partial charge in [-0.3, -0.25) is 0 Å². The van der Waals surface area contributed by atoms with Gasteiger partial charge in [-0.1, -0.05) is 12.1 Å². The van der Waals surface area contributed by atoms with Gasteiger partial charge in [0.05, 0.1) is 40.6 Å². The molecule has 0 spiro atoms. The van der Waals surface area contributed by atoms with E-state index in [0.717, 1.165) is 17.5 Å². The molecule has 1 heterocycles. The molecular weight excluding hydrogens is 348 g/mol. The quantitative estimate of drug-likeness (QED) is 0.776. The maximum Gasteiger partial charge on any atom is 0.161 e. The lowest BCUT2D eigenvalue weighted by Crippen LogP contribution is -2.22. The first kappa shape index (κ1) is 19.3. The van der Waals surface area contributed by atoms with Gasteiger partial charge < -0.3 is 29.2 Å². The van der Waals surface area contributed by atoms with Crippen LogP contribution in [0.4, 0.5) is 0 Å². The van der Waals surface area contributed by atoms with E-state index in [0.29, 0.717) is 30.5 Å². The molecule has 1 saturated heterocycles. The number of benzene rings is 2. The Morgan fingerprint density at radius 1 is 0.963 bits per heavy atom. The molecule has 6 heteroatoms. The van der Waals surface area contributed by atoms with Gasteiger partial charge in [-0.15, -0.1) is 0 Å². The van der Waals surface area contributed by atoms with Gasteiger partial charge >= 0.3 is 0 Å². The van der Waals surface area contributed by atoms with Crippen LogP contribution in [0.1, 0.15) is 17.2 Å². The van der Waals surface area contributed by atoms with Crippen molar-refractivity contribution < 1.29 is 29.2 Å². The molecule has 1 fully saturated rings. The molecule has 0 aromatic heterocycles. The highest BCUT2D eigenvalue weighted by molar-refractivity contribution is 5.44. The summed E-state index contributed by atoms with van der Waals surface area (Å²) in [6.45, 7) is 1.08. The maximum absolute atomic E-state index is 11.0. The van der Waals surface area contributed by atoms with E-state index in [-0.39, 0.29) is 17.6 Å². The van der Waals surface area contributed by atoms with Crippen molar-refractivity contribution in [1.82, 2.24) is 0 Å². The summed E-state index contributed by atoms with van der Waals surface area (Å²) in [5.74, 6) is 1.90. The monoisotopic (exact) mass is 374 g/mol. The van der Waals surface area contributed by atoms with Crippen molar-refractivity contribution in [1.29, 1.82) is 0 Å². The number of aliphatic hydroxyl groups excluding tert-OH is 1. The Labute approximate surface area is 159 Å². The van der Waals surface area contributed by atoms with Gasteiger partial charge in [0, 0.05) is 5.92 Å². The highest BCUT2D eigenvalue weighted by atomic mass is 16.5. The molecule has 2 aromatic rings. The fourth-order valence-corrected chi connectivity index (χ4v) is 3.61. The highest BCUT2D eigenvalue weighted by Crippen LogP contribution is 2.38. The number of hydrogen-bond donors (Lipinski definition) is 2. The van der Waals surface area contributed by atoms with E-state index in [1.54, 1.807) is 26.4 Å². The Bertz CT molecular complexity index is 775. The van der Waals surface area contributed by atoms with Crippen LogP contribution in [0.25, 0.3) is 0 Å². The minimum atomic E-state index is -0.670. The van der Waals surface area contributed by atoms with Crippen LogP contribution in [0.3, 0.4) is 0 Å². The highest BCUT2D eigenvalue weighted by Gasteiger charge is 2.35. The van der Waals surface area contributed by atoms with Gasteiger partial charge in [-0.2, -0.15) is 0 Å². The van der Waals surface area contributed by atoms with Gasteiger partial charge in [0.25, 0.3) is 0 Å². The van der Waals surface area contributed by atoms with Crippen LogP contribution in [0.2, 0.25) is 0 Å². The lowest BCUT2D eigenvalue weighted by molar-refractivity contribution is 0.0809. The fraction of sp³-hybridized carbons (Fsp3) is 0.429. The Hall–Kier alpha value is -2.44. The molecule has 2 aromatic carbocycles. The summed E-state index contributed by atoms with van der Waals surface area (Å²) in [5.41, 5.74) is 1.81. The van der Waals surface area contributed by atoms with E-state index in [2.05, 4.69) is 0 Å². The predicted molar refractivity (Wildman–Crippen MR) is 101 cm³/mol. The number of aliphatic hydroxyl groups is 1. The van der Waals surface area contributed by atoms with Crippen molar-refractivity contribution in [2.24, 2.45) is 11.8 Å². The Morgan fingerprint density at radius 3 is 2.41 bits per heavy atom. The van der Waals surface area contributed by atoms with E-state index in [4.69, 9.17) is 18.9 Å². The smallest absolute Gasteiger partial charge is 0.161 e. The maximum atomic E-state index is 11.0. The number of rotatable bonds is 7. The van der Waals surface area contributed by atoms with Crippen LogP contribution in [0.15, 0.2) is 36.4 Å².